The molecule has 2 unspecified atom stereocenters. The number of hydrogen-bond donors (Lipinski definition) is 0. The van der Waals surface area contributed by atoms with Gasteiger partial charge in [0.1, 0.15) is 6.10 Å². The lowest BCUT2D eigenvalue weighted by atomic mass is 9.32. The zero-order valence-electron chi connectivity index (χ0n) is 23.6. The Bertz CT molecular complexity index is 872. The van der Waals surface area contributed by atoms with Crippen molar-refractivity contribution in [2.45, 2.75) is 126 Å². The second kappa shape index (κ2) is 7.61. The van der Waals surface area contributed by atoms with Crippen LogP contribution in [0.25, 0.3) is 0 Å². The molecule has 5 rings (SSSR count). The fraction of sp³-hybridized carbons (Fsp3) is 0.906. The predicted molar refractivity (Wildman–Crippen MR) is 140 cm³/mol. The molecule has 5 saturated carbocycles. The van der Waals surface area contributed by atoms with E-state index in [1.807, 2.05) is 0 Å². The molecule has 34 heavy (non-hydrogen) atoms. The Morgan fingerprint density at radius 2 is 1.47 bits per heavy atom. The van der Waals surface area contributed by atoms with Gasteiger partial charge in [-0.15, -0.1) is 0 Å². The zero-order chi connectivity index (χ0) is 24.9. The van der Waals surface area contributed by atoms with E-state index in [1.165, 1.54) is 63.4 Å². The summed E-state index contributed by atoms with van der Waals surface area (Å²) in [7, 11) is 0. The Morgan fingerprint density at radius 1 is 0.765 bits per heavy atom. The molecule has 0 aliphatic heterocycles. The molecule has 0 amide bonds. The summed E-state index contributed by atoms with van der Waals surface area (Å²) in [6.45, 7) is 23.9. The van der Waals surface area contributed by atoms with Gasteiger partial charge in [-0.25, -0.2) is 0 Å². The third kappa shape index (κ3) is 3.08. The first-order chi connectivity index (χ1) is 15.7. The lowest BCUT2D eigenvalue weighted by Crippen LogP contribution is -2.66. The molecule has 5 aliphatic carbocycles. The maximum atomic E-state index is 11.9. The summed E-state index contributed by atoms with van der Waals surface area (Å²) in [6.07, 6.45) is 13.4. The second-order valence-corrected chi connectivity index (χ2v) is 15.3. The normalized spacial score (nSPS) is 53.6. The standard InChI is InChI=1S/C32H52O2/c1-20(2)22-12-15-29(6)18-19-31(8)23(27(22)29)10-11-25-30(7)16-14-26(34-21(3)33)28(4,5)24(30)13-17-32(25,31)9/h22-27H,1,10-19H2,2-9H3/t22-,23+,24-,25?,26+,27?,29+,30-,31+,32+/m0/s1. The quantitative estimate of drug-likeness (QED) is 0.299. The molecule has 0 heterocycles. The summed E-state index contributed by atoms with van der Waals surface area (Å²) < 4.78 is 5.91. The molecule has 2 nitrogen and oxygen atoms in total. The first-order valence-corrected chi connectivity index (χ1v) is 14.5. The van der Waals surface area contributed by atoms with Gasteiger partial charge < -0.3 is 4.74 Å². The second-order valence-electron chi connectivity index (χ2n) is 15.3. The van der Waals surface area contributed by atoms with Crippen molar-refractivity contribution >= 4 is 5.97 Å². The van der Waals surface area contributed by atoms with Gasteiger partial charge in [-0.3, -0.25) is 4.79 Å². The molecule has 2 heteroatoms. The van der Waals surface area contributed by atoms with Crippen LogP contribution < -0.4 is 0 Å². The van der Waals surface area contributed by atoms with Crippen LogP contribution >= 0.6 is 0 Å². The van der Waals surface area contributed by atoms with Crippen LogP contribution in [-0.2, 0) is 9.53 Å². The first-order valence-electron chi connectivity index (χ1n) is 14.5. The van der Waals surface area contributed by atoms with Crippen LogP contribution in [0.5, 0.6) is 0 Å². The third-order valence-electron chi connectivity index (χ3n) is 13.7. The SMILES string of the molecule is C=C(C)[C@@H]1CC[C@]2(C)CC[C@]3(C)[C@H](CCC4[C@@]5(C)CC[C@@H](OC(C)=O)C(C)(C)[C@@H]5CC[C@]43C)C12. The zero-order valence-corrected chi connectivity index (χ0v) is 23.6. The van der Waals surface area contributed by atoms with Crippen LogP contribution in [0.2, 0.25) is 0 Å². The van der Waals surface area contributed by atoms with E-state index in [1.54, 1.807) is 6.92 Å². The van der Waals surface area contributed by atoms with Crippen molar-refractivity contribution in [1.29, 1.82) is 0 Å². The monoisotopic (exact) mass is 468 g/mol. The highest BCUT2D eigenvalue weighted by Gasteiger charge is 2.70. The van der Waals surface area contributed by atoms with Gasteiger partial charge in [0, 0.05) is 12.3 Å². The minimum absolute atomic E-state index is 0.0550. The van der Waals surface area contributed by atoms with Gasteiger partial charge >= 0.3 is 5.97 Å². The molecule has 5 fully saturated rings. The molecule has 0 aromatic rings. The molecule has 5 aliphatic rings. The number of fused-ring (bicyclic) bond motifs is 7. The predicted octanol–water partition coefficient (Wildman–Crippen LogP) is 8.60. The molecule has 0 radical (unpaired) electrons. The lowest BCUT2D eigenvalue weighted by molar-refractivity contribution is -0.248. The van der Waals surface area contributed by atoms with E-state index in [9.17, 15) is 4.79 Å². The average Bonchev–Trinajstić information content (AvgIpc) is 3.08. The van der Waals surface area contributed by atoms with Gasteiger partial charge in [0.25, 0.3) is 0 Å². The van der Waals surface area contributed by atoms with Crippen molar-refractivity contribution in [1.82, 2.24) is 0 Å². The van der Waals surface area contributed by atoms with Gasteiger partial charge in [-0.2, -0.15) is 0 Å². The minimum atomic E-state index is -0.107. The van der Waals surface area contributed by atoms with Crippen molar-refractivity contribution < 1.29 is 9.53 Å². The van der Waals surface area contributed by atoms with Crippen molar-refractivity contribution in [3.63, 3.8) is 0 Å². The fourth-order valence-corrected chi connectivity index (χ4v) is 11.9. The summed E-state index contributed by atoms with van der Waals surface area (Å²) in [5.41, 5.74) is 3.23. The molecule has 0 bridgehead atoms. The van der Waals surface area contributed by atoms with Crippen LogP contribution in [-0.4, -0.2) is 12.1 Å². The Kier molecular flexibility index (Phi) is 5.57. The van der Waals surface area contributed by atoms with Crippen molar-refractivity contribution in [3.8, 4) is 0 Å². The van der Waals surface area contributed by atoms with Gasteiger partial charge in [-0.1, -0.05) is 53.7 Å². The molecular weight excluding hydrogens is 416 g/mol. The van der Waals surface area contributed by atoms with Crippen molar-refractivity contribution in [2.75, 3.05) is 0 Å². The van der Waals surface area contributed by atoms with Gasteiger partial charge in [0.2, 0.25) is 0 Å². The average molecular weight is 469 g/mol. The van der Waals surface area contributed by atoms with Gasteiger partial charge in [0.05, 0.1) is 0 Å². The maximum absolute atomic E-state index is 11.9. The third-order valence-corrected chi connectivity index (χ3v) is 13.7. The Balaban J connectivity index is 1.50. The van der Waals surface area contributed by atoms with E-state index in [0.29, 0.717) is 27.6 Å². The summed E-state index contributed by atoms with van der Waals surface area (Å²) in [5.74, 6) is 3.74. The van der Waals surface area contributed by atoms with Crippen molar-refractivity contribution in [2.24, 2.45) is 56.7 Å². The number of carbonyl (C=O) groups is 1. The number of rotatable bonds is 2. The highest BCUT2D eigenvalue weighted by molar-refractivity contribution is 5.66. The van der Waals surface area contributed by atoms with Crippen LogP contribution in [0.15, 0.2) is 12.2 Å². The summed E-state index contributed by atoms with van der Waals surface area (Å²) in [5, 5.41) is 0. The Hall–Kier alpha value is -0.790. The summed E-state index contributed by atoms with van der Waals surface area (Å²) in [4.78, 5) is 11.9. The van der Waals surface area contributed by atoms with Crippen LogP contribution in [0.1, 0.15) is 120 Å². The van der Waals surface area contributed by atoms with Crippen molar-refractivity contribution in [3.05, 3.63) is 12.2 Å². The van der Waals surface area contributed by atoms with E-state index in [4.69, 9.17) is 4.74 Å². The van der Waals surface area contributed by atoms with E-state index < -0.39 is 0 Å². The Morgan fingerprint density at radius 3 is 2.12 bits per heavy atom. The highest BCUT2D eigenvalue weighted by Crippen LogP contribution is 2.77. The lowest BCUT2D eigenvalue weighted by Gasteiger charge is -2.73. The maximum Gasteiger partial charge on any atom is 0.302 e. The smallest absolute Gasteiger partial charge is 0.302 e. The summed E-state index contributed by atoms with van der Waals surface area (Å²) in [6, 6.07) is 0. The summed E-state index contributed by atoms with van der Waals surface area (Å²) >= 11 is 0. The molecular formula is C32H52O2. The largest absolute Gasteiger partial charge is 0.462 e. The van der Waals surface area contributed by atoms with E-state index in [-0.39, 0.29) is 17.5 Å². The molecule has 0 aromatic carbocycles. The number of carbonyl (C=O) groups excluding carboxylic acids is 1. The van der Waals surface area contributed by atoms with Gasteiger partial charge in [0.15, 0.2) is 0 Å². The topological polar surface area (TPSA) is 26.3 Å². The van der Waals surface area contributed by atoms with Crippen LogP contribution in [0, 0.1) is 56.7 Å². The molecule has 0 spiro atoms. The van der Waals surface area contributed by atoms with Crippen LogP contribution in [0.3, 0.4) is 0 Å². The Labute approximate surface area is 210 Å². The number of esters is 1. The van der Waals surface area contributed by atoms with E-state index in [2.05, 4.69) is 55.0 Å². The van der Waals surface area contributed by atoms with Crippen LogP contribution in [0.4, 0.5) is 0 Å². The molecule has 0 saturated heterocycles. The number of ether oxygens (including phenoxy) is 1. The van der Waals surface area contributed by atoms with E-state index >= 15 is 0 Å². The van der Waals surface area contributed by atoms with Gasteiger partial charge in [-0.05, 0) is 122 Å². The van der Waals surface area contributed by atoms with E-state index in [0.717, 1.165) is 30.1 Å². The highest BCUT2D eigenvalue weighted by atomic mass is 16.5. The number of allylic oxidation sites excluding steroid dienone is 1. The molecule has 0 aromatic heterocycles. The molecule has 10 atom stereocenters. The fourth-order valence-electron chi connectivity index (χ4n) is 11.9. The first kappa shape index (κ1) is 24.9. The number of hydrogen-bond acceptors (Lipinski definition) is 2. The molecule has 192 valence electrons. The molecule has 0 N–H and O–H groups in total. The minimum Gasteiger partial charge on any atom is -0.462 e.